The van der Waals surface area contributed by atoms with E-state index in [1.165, 1.54) is 10.6 Å². The lowest BCUT2D eigenvalue weighted by Gasteiger charge is -2.50. The Balaban J connectivity index is 1.90. The van der Waals surface area contributed by atoms with Crippen LogP contribution < -0.4 is 0 Å². The average molecular weight is 247 g/mol. The highest BCUT2D eigenvalue weighted by atomic mass is 32.2. The number of nitrogens with zero attached hydrogens (tertiary/aromatic N) is 1. The first-order chi connectivity index (χ1) is 7.32. The van der Waals surface area contributed by atoms with E-state index in [0.29, 0.717) is 13.1 Å². The molecule has 1 aliphatic carbocycles. The number of carboxylic acids is 1. The van der Waals surface area contributed by atoms with Crippen LogP contribution >= 0.6 is 0 Å². The maximum absolute atomic E-state index is 11.3. The molecule has 0 radical (unpaired) electrons. The summed E-state index contributed by atoms with van der Waals surface area (Å²) in [5.41, 5.74) is 0.115. The van der Waals surface area contributed by atoms with Crippen LogP contribution in [0, 0.1) is 11.3 Å². The van der Waals surface area contributed by atoms with Crippen LogP contribution in [0.2, 0.25) is 0 Å². The molecule has 1 heterocycles. The summed E-state index contributed by atoms with van der Waals surface area (Å²) in [6.07, 6.45) is 4.29. The molecule has 1 spiro atoms. The summed E-state index contributed by atoms with van der Waals surface area (Å²) in [7, 11) is -3.07. The van der Waals surface area contributed by atoms with Crippen LogP contribution in [0.4, 0.5) is 0 Å². The summed E-state index contributed by atoms with van der Waals surface area (Å²) in [6.45, 7) is 1.09. The highest BCUT2D eigenvalue weighted by molar-refractivity contribution is 7.88. The molecule has 0 unspecified atom stereocenters. The molecule has 6 heteroatoms. The Kier molecular flexibility index (Phi) is 2.74. The predicted octanol–water partition coefficient (Wildman–Crippen LogP) is 0.523. The standard InChI is InChI=1S/C10H17NO4S/c1-16(14,15)11-4-2-10(3-5-11)6-8(7-10)9(12)13/h8H,2-7H2,1H3,(H,12,13). The van der Waals surface area contributed by atoms with E-state index >= 15 is 0 Å². The molecule has 16 heavy (non-hydrogen) atoms. The van der Waals surface area contributed by atoms with Gasteiger partial charge in [-0.3, -0.25) is 4.79 Å². The molecule has 2 aliphatic rings. The number of aliphatic carboxylic acids is 1. The SMILES string of the molecule is CS(=O)(=O)N1CCC2(CC1)CC(C(=O)O)C2. The molecule has 0 aromatic heterocycles. The van der Waals surface area contributed by atoms with Crippen molar-refractivity contribution in [3.05, 3.63) is 0 Å². The Labute approximate surface area is 95.5 Å². The molecule has 0 amide bonds. The molecular weight excluding hydrogens is 230 g/mol. The van der Waals surface area contributed by atoms with Gasteiger partial charge in [0.15, 0.2) is 0 Å². The summed E-state index contributed by atoms with van der Waals surface area (Å²) in [5.74, 6) is -0.916. The van der Waals surface area contributed by atoms with Crippen molar-refractivity contribution in [2.45, 2.75) is 25.7 Å². The molecule has 0 bridgehead atoms. The Hall–Kier alpha value is -0.620. The second kappa shape index (κ2) is 3.70. The van der Waals surface area contributed by atoms with Crippen LogP contribution in [0.25, 0.3) is 0 Å². The second-order valence-corrected chi connectivity index (χ2v) is 7.09. The van der Waals surface area contributed by atoms with Gasteiger partial charge in [0.2, 0.25) is 10.0 Å². The number of sulfonamides is 1. The fourth-order valence-electron chi connectivity index (χ4n) is 2.86. The topological polar surface area (TPSA) is 74.7 Å². The summed E-state index contributed by atoms with van der Waals surface area (Å²) in [4.78, 5) is 10.7. The monoisotopic (exact) mass is 247 g/mol. The molecule has 1 saturated carbocycles. The lowest BCUT2D eigenvalue weighted by molar-refractivity contribution is -0.151. The minimum absolute atomic E-state index is 0.115. The number of rotatable bonds is 2. The highest BCUT2D eigenvalue weighted by Gasteiger charge is 2.49. The minimum atomic E-state index is -3.07. The lowest BCUT2D eigenvalue weighted by Crippen LogP contribution is -2.50. The van der Waals surface area contributed by atoms with Gasteiger partial charge in [-0.25, -0.2) is 12.7 Å². The Morgan fingerprint density at radius 2 is 1.81 bits per heavy atom. The van der Waals surface area contributed by atoms with Crippen molar-refractivity contribution in [1.82, 2.24) is 4.31 Å². The largest absolute Gasteiger partial charge is 0.481 e. The zero-order valence-corrected chi connectivity index (χ0v) is 10.2. The highest BCUT2D eigenvalue weighted by Crippen LogP contribution is 2.52. The van der Waals surface area contributed by atoms with Crippen LogP contribution in [0.3, 0.4) is 0 Å². The normalized spacial score (nSPS) is 26.6. The minimum Gasteiger partial charge on any atom is -0.481 e. The van der Waals surface area contributed by atoms with Crippen LogP contribution in [-0.4, -0.2) is 43.1 Å². The fraction of sp³-hybridized carbons (Fsp3) is 0.900. The van der Waals surface area contributed by atoms with Gasteiger partial charge in [0.1, 0.15) is 0 Å². The van der Waals surface area contributed by atoms with E-state index in [2.05, 4.69) is 0 Å². The quantitative estimate of drug-likeness (QED) is 0.772. The van der Waals surface area contributed by atoms with E-state index in [0.717, 1.165) is 25.7 Å². The first-order valence-corrected chi connectivity index (χ1v) is 7.35. The Morgan fingerprint density at radius 3 is 2.19 bits per heavy atom. The van der Waals surface area contributed by atoms with Crippen molar-refractivity contribution in [2.75, 3.05) is 19.3 Å². The van der Waals surface area contributed by atoms with Crippen LogP contribution in [-0.2, 0) is 14.8 Å². The maximum Gasteiger partial charge on any atom is 0.306 e. The van der Waals surface area contributed by atoms with Crippen molar-refractivity contribution in [2.24, 2.45) is 11.3 Å². The van der Waals surface area contributed by atoms with Crippen LogP contribution in [0.1, 0.15) is 25.7 Å². The number of carboxylic acid groups (broad SMARTS) is 1. The summed E-state index contributed by atoms with van der Waals surface area (Å²) in [5, 5.41) is 8.82. The zero-order valence-electron chi connectivity index (χ0n) is 9.35. The summed E-state index contributed by atoms with van der Waals surface area (Å²) < 4.78 is 24.1. The number of hydrogen-bond donors (Lipinski definition) is 1. The number of carbonyl (C=O) groups is 1. The van der Waals surface area contributed by atoms with Crippen LogP contribution in [0.5, 0.6) is 0 Å². The van der Waals surface area contributed by atoms with Gasteiger partial charge in [0.25, 0.3) is 0 Å². The summed E-state index contributed by atoms with van der Waals surface area (Å²) in [6, 6.07) is 0. The predicted molar refractivity (Wildman–Crippen MR) is 58.4 cm³/mol. The van der Waals surface area contributed by atoms with Gasteiger partial charge in [-0.05, 0) is 31.1 Å². The zero-order chi connectivity index (χ0) is 12.0. The molecule has 1 N–H and O–H groups in total. The molecule has 2 rings (SSSR count). The molecule has 5 nitrogen and oxygen atoms in total. The first-order valence-electron chi connectivity index (χ1n) is 5.50. The van der Waals surface area contributed by atoms with E-state index in [1.807, 2.05) is 0 Å². The molecular formula is C10H17NO4S. The van der Waals surface area contributed by atoms with Crippen molar-refractivity contribution in [3.63, 3.8) is 0 Å². The van der Waals surface area contributed by atoms with Crippen molar-refractivity contribution in [3.8, 4) is 0 Å². The van der Waals surface area contributed by atoms with Gasteiger partial charge in [0.05, 0.1) is 12.2 Å². The number of piperidine rings is 1. The molecule has 1 saturated heterocycles. The Morgan fingerprint density at radius 1 is 1.31 bits per heavy atom. The van der Waals surface area contributed by atoms with Crippen molar-refractivity contribution in [1.29, 1.82) is 0 Å². The van der Waals surface area contributed by atoms with Gasteiger partial charge in [0, 0.05) is 13.1 Å². The molecule has 2 fully saturated rings. The van der Waals surface area contributed by atoms with Crippen LogP contribution in [0.15, 0.2) is 0 Å². The number of hydrogen-bond acceptors (Lipinski definition) is 3. The van der Waals surface area contributed by atoms with E-state index < -0.39 is 16.0 Å². The molecule has 1 aliphatic heterocycles. The first kappa shape index (κ1) is 11.9. The molecule has 0 aromatic rings. The third kappa shape index (κ3) is 2.08. The third-order valence-electron chi connectivity index (χ3n) is 3.96. The van der Waals surface area contributed by atoms with E-state index in [1.54, 1.807) is 0 Å². The van der Waals surface area contributed by atoms with Gasteiger partial charge in [-0.15, -0.1) is 0 Å². The van der Waals surface area contributed by atoms with E-state index in [9.17, 15) is 13.2 Å². The van der Waals surface area contributed by atoms with Crippen molar-refractivity contribution >= 4 is 16.0 Å². The van der Waals surface area contributed by atoms with Gasteiger partial charge in [-0.1, -0.05) is 0 Å². The summed E-state index contributed by atoms with van der Waals surface area (Å²) >= 11 is 0. The van der Waals surface area contributed by atoms with Gasteiger partial charge >= 0.3 is 5.97 Å². The third-order valence-corrected chi connectivity index (χ3v) is 5.26. The smallest absolute Gasteiger partial charge is 0.306 e. The van der Waals surface area contributed by atoms with Gasteiger partial charge in [-0.2, -0.15) is 0 Å². The fourth-order valence-corrected chi connectivity index (χ4v) is 3.71. The van der Waals surface area contributed by atoms with E-state index in [4.69, 9.17) is 5.11 Å². The van der Waals surface area contributed by atoms with Gasteiger partial charge < -0.3 is 5.11 Å². The molecule has 92 valence electrons. The average Bonchev–Trinajstić information content (AvgIpc) is 2.12. The van der Waals surface area contributed by atoms with Crippen molar-refractivity contribution < 1.29 is 18.3 Å². The lowest BCUT2D eigenvalue weighted by atomic mass is 9.58. The molecule has 0 atom stereocenters. The maximum atomic E-state index is 11.3. The van der Waals surface area contributed by atoms with E-state index in [-0.39, 0.29) is 11.3 Å². The second-order valence-electron chi connectivity index (χ2n) is 5.11. The molecule has 0 aromatic carbocycles. The Bertz CT molecular complexity index is 387.